The van der Waals surface area contributed by atoms with Gasteiger partial charge in [-0.2, -0.15) is 4.98 Å². The van der Waals surface area contributed by atoms with Crippen LogP contribution in [0.5, 0.6) is 5.75 Å². The Morgan fingerprint density at radius 2 is 1.75 bits per heavy atom. The van der Waals surface area contributed by atoms with Gasteiger partial charge in [0.2, 0.25) is 17.8 Å². The number of nitrogens with zero attached hydrogens (tertiary/aromatic N) is 5. The number of imide groups is 1. The van der Waals surface area contributed by atoms with E-state index in [1.807, 2.05) is 42.5 Å². The maximum absolute atomic E-state index is 13.2. The maximum atomic E-state index is 13.2. The second kappa shape index (κ2) is 19.4. The van der Waals surface area contributed by atoms with Crippen LogP contribution in [-0.4, -0.2) is 102 Å². The molecule has 0 spiro atoms. The third-order valence-electron chi connectivity index (χ3n) is 11.6. The van der Waals surface area contributed by atoms with Crippen LogP contribution < -0.4 is 30.9 Å². The quantitative estimate of drug-likeness (QED) is 0.0410. The molecule has 1 aromatic heterocycles. The van der Waals surface area contributed by atoms with Gasteiger partial charge in [0.25, 0.3) is 5.91 Å². The Morgan fingerprint density at radius 3 is 2.52 bits per heavy atom. The van der Waals surface area contributed by atoms with Crippen molar-refractivity contribution in [1.82, 2.24) is 25.1 Å². The number of nitrogens with one attached hydrogen (secondary N) is 3. The van der Waals surface area contributed by atoms with Gasteiger partial charge in [0.05, 0.1) is 24.7 Å². The minimum absolute atomic E-state index is 0.124. The molecule has 3 aromatic carbocycles. The molecule has 3 aliphatic rings. The Morgan fingerprint density at radius 1 is 0.967 bits per heavy atom. The van der Waals surface area contributed by atoms with Gasteiger partial charge in [-0.15, -0.1) is 11.8 Å². The number of methoxy groups -OCH3 is 1. The number of piperidine rings is 2. The third kappa shape index (κ3) is 10.3. The summed E-state index contributed by atoms with van der Waals surface area (Å²) in [4.78, 5) is 53.9. The van der Waals surface area contributed by atoms with Crippen molar-refractivity contribution in [2.45, 2.75) is 74.9 Å². The molecule has 4 aromatic rings. The molecule has 1 atom stereocenters. The summed E-state index contributed by atoms with van der Waals surface area (Å²) in [5.74, 6) is 1.64. The number of aromatic nitrogens is 2. The zero-order chi connectivity index (χ0) is 42.4. The van der Waals surface area contributed by atoms with Gasteiger partial charge in [0.15, 0.2) is 5.82 Å². The lowest BCUT2D eigenvalue weighted by molar-refractivity contribution is -0.136. The van der Waals surface area contributed by atoms with E-state index in [2.05, 4.69) is 61.0 Å². The number of hydrogen-bond donors (Lipinski definition) is 3. The molecule has 3 aliphatic heterocycles. The van der Waals surface area contributed by atoms with Gasteiger partial charge < -0.3 is 34.6 Å². The monoisotopic (exact) mass is 872 g/mol. The van der Waals surface area contributed by atoms with Crippen molar-refractivity contribution in [1.29, 1.82) is 0 Å². The number of carbonyl (C=O) groups excluding carboxylic acids is 3. The van der Waals surface area contributed by atoms with Crippen molar-refractivity contribution in [3.8, 4) is 5.75 Å². The highest BCUT2D eigenvalue weighted by molar-refractivity contribution is 7.99. The van der Waals surface area contributed by atoms with E-state index in [9.17, 15) is 18.9 Å². The lowest BCUT2D eigenvalue weighted by atomic mass is 10.0. The first-order valence-electron chi connectivity index (χ1n) is 20.6. The van der Waals surface area contributed by atoms with Crippen LogP contribution >= 0.6 is 30.5 Å². The smallest absolute Gasteiger partial charge is 0.255 e. The van der Waals surface area contributed by atoms with Crippen molar-refractivity contribution in [3.05, 3.63) is 83.0 Å². The molecule has 318 valence electrons. The van der Waals surface area contributed by atoms with Gasteiger partial charge in [-0.3, -0.25) is 19.7 Å². The number of carbonyl (C=O) groups is 3. The van der Waals surface area contributed by atoms with Crippen LogP contribution in [0.15, 0.2) is 71.8 Å². The molecule has 1 unspecified atom stereocenters. The van der Waals surface area contributed by atoms with Crippen LogP contribution in [-0.2, 0) is 20.7 Å². The molecule has 2 fully saturated rings. The number of para-hydroxylation sites is 1. The molecule has 3 N–H and O–H groups in total. The average molecular weight is 873 g/mol. The first-order valence-corrected chi connectivity index (χ1v) is 24.6. The van der Waals surface area contributed by atoms with Crippen molar-refractivity contribution >= 4 is 82.4 Å². The van der Waals surface area contributed by atoms with Gasteiger partial charge in [0.1, 0.15) is 24.0 Å². The molecule has 2 saturated heterocycles. The zero-order valence-electron chi connectivity index (χ0n) is 34.7. The summed E-state index contributed by atoms with van der Waals surface area (Å²) in [6.07, 6.45) is 8.92. The van der Waals surface area contributed by atoms with Crippen LogP contribution in [0.2, 0.25) is 5.02 Å². The van der Waals surface area contributed by atoms with Crippen LogP contribution in [0.4, 0.5) is 28.8 Å². The van der Waals surface area contributed by atoms with Crippen LogP contribution in [0.25, 0.3) is 0 Å². The molecular formula is C44H54ClN8O5PS. The molecule has 16 heteroatoms. The number of ether oxygens (including phenoxy) is 1. The van der Waals surface area contributed by atoms with E-state index in [1.54, 1.807) is 37.1 Å². The Kier molecular flexibility index (Phi) is 14.1. The van der Waals surface area contributed by atoms with Crippen molar-refractivity contribution in [2.75, 3.05) is 68.4 Å². The Hall–Kier alpha value is -4.62. The summed E-state index contributed by atoms with van der Waals surface area (Å²) in [6, 6.07) is 19.4. The van der Waals surface area contributed by atoms with Gasteiger partial charge in [-0.05, 0) is 107 Å². The fourth-order valence-electron chi connectivity index (χ4n) is 8.23. The number of hydrogen-bond acceptors (Lipinski definition) is 12. The fourth-order valence-corrected chi connectivity index (χ4v) is 10.6. The predicted molar refractivity (Wildman–Crippen MR) is 242 cm³/mol. The SMILES string of the molecule is COc1cc(N2CCC(N(C)CCCCCCSc3cccc4c3CN(C3CCC(=O)NC3=O)C4=O)CC2)ccc1Nc1ncc(Cl)c(Nc2ccccc2P(C)(C)=O)n1. The average Bonchev–Trinajstić information content (AvgIpc) is 3.57. The van der Waals surface area contributed by atoms with E-state index in [-0.39, 0.29) is 24.1 Å². The van der Waals surface area contributed by atoms with Gasteiger partial charge in [0, 0.05) is 59.6 Å². The molecule has 60 heavy (non-hydrogen) atoms. The number of halogens is 1. The Labute approximate surface area is 361 Å². The molecule has 0 radical (unpaired) electrons. The number of thioether (sulfide) groups is 1. The molecular weight excluding hydrogens is 819 g/mol. The number of fused-ring (bicyclic) bond motifs is 1. The number of anilines is 5. The first-order chi connectivity index (χ1) is 28.9. The van der Waals surface area contributed by atoms with E-state index in [0.717, 1.165) is 84.6 Å². The van der Waals surface area contributed by atoms with Gasteiger partial charge >= 0.3 is 0 Å². The van der Waals surface area contributed by atoms with Crippen LogP contribution in [0.3, 0.4) is 0 Å². The summed E-state index contributed by atoms with van der Waals surface area (Å²) in [7, 11) is 1.36. The van der Waals surface area contributed by atoms with E-state index < -0.39 is 13.2 Å². The summed E-state index contributed by atoms with van der Waals surface area (Å²) in [5.41, 5.74) is 4.19. The highest BCUT2D eigenvalue weighted by atomic mass is 35.5. The third-order valence-corrected chi connectivity index (χ3v) is 14.6. The lowest BCUT2D eigenvalue weighted by Gasteiger charge is -2.38. The van der Waals surface area contributed by atoms with Crippen molar-refractivity contribution in [3.63, 3.8) is 0 Å². The van der Waals surface area contributed by atoms with Crippen LogP contribution in [0.1, 0.15) is 67.3 Å². The number of unbranched alkanes of at least 4 members (excludes halogenated alkanes) is 3. The summed E-state index contributed by atoms with van der Waals surface area (Å²) < 4.78 is 18.7. The Balaban J connectivity index is 0.831. The normalized spacial score (nSPS) is 17.2. The largest absolute Gasteiger partial charge is 0.494 e. The van der Waals surface area contributed by atoms with Gasteiger partial charge in [-0.25, -0.2) is 4.98 Å². The van der Waals surface area contributed by atoms with E-state index in [4.69, 9.17) is 16.3 Å². The van der Waals surface area contributed by atoms with Crippen molar-refractivity contribution in [2.24, 2.45) is 0 Å². The highest BCUT2D eigenvalue weighted by Crippen LogP contribution is 2.39. The van der Waals surface area contributed by atoms with Crippen molar-refractivity contribution < 1.29 is 23.7 Å². The predicted octanol–water partition coefficient (Wildman–Crippen LogP) is 7.89. The first kappa shape index (κ1) is 43.5. The highest BCUT2D eigenvalue weighted by Gasteiger charge is 2.40. The van der Waals surface area contributed by atoms with E-state index >= 15 is 0 Å². The van der Waals surface area contributed by atoms with E-state index in [1.165, 1.54) is 12.6 Å². The Bertz CT molecular complexity index is 2270. The summed E-state index contributed by atoms with van der Waals surface area (Å²) >= 11 is 8.27. The number of rotatable bonds is 17. The van der Waals surface area contributed by atoms with Crippen LogP contribution in [0, 0.1) is 0 Å². The molecule has 13 nitrogen and oxygen atoms in total. The number of amides is 3. The minimum atomic E-state index is -2.54. The number of benzene rings is 3. The second-order valence-corrected chi connectivity index (χ2v) is 20.8. The fraction of sp³-hybridized carbons (Fsp3) is 0.432. The molecule has 4 heterocycles. The minimum Gasteiger partial charge on any atom is -0.494 e. The molecule has 7 rings (SSSR count). The topological polar surface area (TPSA) is 149 Å². The lowest BCUT2D eigenvalue weighted by Crippen LogP contribution is -2.52. The zero-order valence-corrected chi connectivity index (χ0v) is 37.2. The molecule has 3 amide bonds. The second-order valence-electron chi connectivity index (χ2n) is 16.0. The summed E-state index contributed by atoms with van der Waals surface area (Å²) in [5, 5.41) is 9.98. The standard InChI is InChI=1S/C44H54ClN8O5PS/c1-51(22-9-5-6-10-25-60-39-15-11-12-31-32(39)28-53(43(31)56)36-18-19-40(54)49-42(36)55)29-20-23-52(24-21-29)30-16-17-34(37(26-30)58-2)48-44-46-27-33(45)41(50-44)47-35-13-7-8-14-38(35)59(3,4)57/h7-8,11-17,26-27,29,36H,5-6,9-10,18-25,28H2,1-4H3,(H,49,54,55)(H2,46,47,48,50). The molecule has 0 aliphatic carbocycles. The summed E-state index contributed by atoms with van der Waals surface area (Å²) in [6.45, 7) is 6.88. The maximum Gasteiger partial charge on any atom is 0.255 e. The molecule has 0 saturated carbocycles. The molecule has 0 bridgehead atoms. The van der Waals surface area contributed by atoms with E-state index in [0.29, 0.717) is 52.8 Å². The van der Waals surface area contributed by atoms with Gasteiger partial charge in [-0.1, -0.05) is 42.6 Å².